The van der Waals surface area contributed by atoms with Gasteiger partial charge in [0, 0.05) is 25.2 Å². The zero-order valence-electron chi connectivity index (χ0n) is 39.0. The molecule has 416 valence electrons. The number of amides is 1. The number of nitrogens with one attached hydrogen (secondary N) is 1. The van der Waals surface area contributed by atoms with Gasteiger partial charge in [-0.1, -0.05) is 62.4 Å². The molecule has 3 N–H and O–H groups in total. The Morgan fingerprint density at radius 1 is 0.773 bits per heavy atom. The van der Waals surface area contributed by atoms with Gasteiger partial charge in [-0.15, -0.1) is 26.3 Å². The molecule has 2 aromatic rings. The predicted octanol–water partition coefficient (Wildman–Crippen LogP) is 7.98. The van der Waals surface area contributed by atoms with Crippen LogP contribution in [0.25, 0.3) is 0 Å². The maximum absolute atomic E-state index is 15.4. The Bertz CT molecular complexity index is 2510. The standard InChI is InChI=1S/C45H42F15NO14/c1-19-23(70-34(66)28(63)27(21-12-8-6-9-13-21)61-35(67)75-40(41(46,47)48,42(49,50)51)43(52,53)54)17-39(68)32(71-33(65)22-14-10-7-11-15-22)30-37(5,31(64)29(74-45(58,59)60)26(19)36(39,3)4)24(73-44(55,56)57)16-25-38(30,18-69-25)72-20(2)62/h6-15,23-25,27-30,32,63,68H,16-18H2,1-5H3,(H,61,67)/t23-,24-,25+,27-,28+,29+,30-,32-,37+,38-,39+/m0/s1. The van der Waals surface area contributed by atoms with E-state index in [2.05, 4.69) is 14.2 Å². The van der Waals surface area contributed by atoms with Crippen LogP contribution < -0.4 is 5.32 Å². The van der Waals surface area contributed by atoms with Crippen molar-refractivity contribution in [2.45, 2.75) is 138 Å². The predicted molar refractivity (Wildman–Crippen MR) is 215 cm³/mol. The lowest BCUT2D eigenvalue weighted by Gasteiger charge is -2.67. The number of hydrogen-bond acceptors (Lipinski definition) is 14. The first-order valence-corrected chi connectivity index (χ1v) is 21.8. The lowest BCUT2D eigenvalue weighted by atomic mass is 9.44. The van der Waals surface area contributed by atoms with E-state index in [-0.39, 0.29) is 5.56 Å². The highest BCUT2D eigenvalue weighted by Crippen LogP contribution is 2.66. The molecule has 0 aromatic heterocycles. The van der Waals surface area contributed by atoms with Gasteiger partial charge in [0.25, 0.3) is 0 Å². The normalized spacial score (nSPS) is 30.0. The minimum atomic E-state index is -7.47. The minimum absolute atomic E-state index is 0.376. The number of benzene rings is 2. The molecular formula is C45H42F15NO14. The third-order valence-electron chi connectivity index (χ3n) is 14.1. The highest BCUT2D eigenvalue weighted by atomic mass is 19.4. The number of rotatable bonds is 11. The summed E-state index contributed by atoms with van der Waals surface area (Å²) >= 11 is 0. The van der Waals surface area contributed by atoms with E-state index in [1.807, 2.05) is 0 Å². The Morgan fingerprint density at radius 3 is 1.76 bits per heavy atom. The molecule has 2 saturated carbocycles. The second-order valence-electron chi connectivity index (χ2n) is 18.7. The number of aliphatic hydroxyl groups is 2. The van der Waals surface area contributed by atoms with E-state index in [1.54, 1.807) is 0 Å². The molecule has 15 nitrogen and oxygen atoms in total. The molecule has 0 spiro atoms. The Labute approximate surface area is 412 Å². The number of Topliss-reactive ketones (excluding diaryl/α,β-unsaturated/α-hetero) is 1. The van der Waals surface area contributed by atoms with Crippen LogP contribution >= 0.6 is 0 Å². The van der Waals surface area contributed by atoms with Crippen molar-refractivity contribution in [1.82, 2.24) is 5.32 Å². The third kappa shape index (κ3) is 10.2. The van der Waals surface area contributed by atoms with Crippen molar-refractivity contribution < 1.29 is 133 Å². The molecule has 2 aromatic carbocycles. The molecule has 6 rings (SSSR count). The van der Waals surface area contributed by atoms with Crippen molar-refractivity contribution in [2.75, 3.05) is 6.61 Å². The number of ketones is 1. The fourth-order valence-corrected chi connectivity index (χ4v) is 10.6. The molecule has 3 fully saturated rings. The topological polar surface area (TPSA) is 202 Å². The van der Waals surface area contributed by atoms with E-state index >= 15 is 4.79 Å². The minimum Gasteiger partial charge on any atom is -0.456 e. The molecular weight excluding hydrogens is 1060 g/mol. The fraction of sp³-hybridized carbons (Fsp3) is 0.578. The summed E-state index contributed by atoms with van der Waals surface area (Å²) in [4.78, 5) is 69.6. The molecule has 1 aliphatic heterocycles. The van der Waals surface area contributed by atoms with Crippen molar-refractivity contribution >= 4 is 29.8 Å². The number of carbonyl (C=O) groups excluding carboxylic acids is 5. The van der Waals surface area contributed by atoms with Gasteiger partial charge in [-0.25, -0.2) is 14.4 Å². The Hall–Kier alpha value is -5.72. The van der Waals surface area contributed by atoms with Gasteiger partial charge in [0.1, 0.15) is 30.0 Å². The van der Waals surface area contributed by atoms with Crippen LogP contribution in [0.1, 0.15) is 69.4 Å². The molecule has 1 amide bonds. The summed E-state index contributed by atoms with van der Waals surface area (Å²) in [5.74, 6) is -9.35. The molecule has 3 aliphatic carbocycles. The molecule has 30 heteroatoms. The summed E-state index contributed by atoms with van der Waals surface area (Å²) < 4.78 is 246. The van der Waals surface area contributed by atoms with Crippen molar-refractivity contribution in [2.24, 2.45) is 16.7 Å². The second kappa shape index (κ2) is 19.4. The lowest BCUT2D eigenvalue weighted by molar-refractivity contribution is -0.443. The van der Waals surface area contributed by atoms with Crippen LogP contribution in [-0.4, -0.2) is 131 Å². The first-order chi connectivity index (χ1) is 34.1. The highest BCUT2D eigenvalue weighted by Gasteiger charge is 2.88. The molecule has 4 aliphatic rings. The van der Waals surface area contributed by atoms with Crippen molar-refractivity contribution in [3.63, 3.8) is 0 Å². The number of alkyl halides is 15. The summed E-state index contributed by atoms with van der Waals surface area (Å²) in [7, 11) is 0. The van der Waals surface area contributed by atoms with Gasteiger partial charge < -0.3 is 39.2 Å². The molecule has 2 bridgehead atoms. The maximum Gasteiger partial charge on any atom is 0.523 e. The molecule has 0 unspecified atom stereocenters. The van der Waals surface area contributed by atoms with Gasteiger partial charge in [0.2, 0.25) is 0 Å². The van der Waals surface area contributed by atoms with E-state index < -0.39 is 173 Å². The molecule has 0 radical (unpaired) electrons. The van der Waals surface area contributed by atoms with Gasteiger partial charge in [-0.3, -0.25) is 19.1 Å². The largest absolute Gasteiger partial charge is 0.523 e. The fourth-order valence-electron chi connectivity index (χ4n) is 10.6. The molecule has 75 heavy (non-hydrogen) atoms. The monoisotopic (exact) mass is 1110 g/mol. The quantitative estimate of drug-likeness (QED) is 0.0846. The van der Waals surface area contributed by atoms with Crippen LogP contribution in [0.15, 0.2) is 71.8 Å². The van der Waals surface area contributed by atoms with Crippen LogP contribution in [-0.2, 0) is 47.5 Å². The van der Waals surface area contributed by atoms with Crippen LogP contribution in [0.4, 0.5) is 70.7 Å². The van der Waals surface area contributed by atoms with E-state index in [4.69, 9.17) is 18.9 Å². The molecule has 1 heterocycles. The van der Waals surface area contributed by atoms with Crippen molar-refractivity contribution in [1.29, 1.82) is 0 Å². The molecule has 11 atom stereocenters. The molecule has 1 saturated heterocycles. The average molecular weight is 1110 g/mol. The van der Waals surface area contributed by atoms with Gasteiger partial charge in [-0.05, 0) is 42.7 Å². The number of halogens is 15. The number of hydrogen-bond donors (Lipinski definition) is 3. The van der Waals surface area contributed by atoms with Crippen LogP contribution in [0, 0.1) is 16.7 Å². The second-order valence-corrected chi connectivity index (χ2v) is 18.7. The number of aliphatic hydroxyl groups excluding tert-OH is 1. The maximum atomic E-state index is 15.4. The number of esters is 3. The summed E-state index contributed by atoms with van der Waals surface area (Å²) in [5.41, 5.74) is -21.6. The SMILES string of the molecule is CC(=O)O[C@@]12CO[C@@H]1C[C@H](OC(F)(F)F)[C@@]1(C)C(=O)[C@H](OC(F)(F)F)C3=C(C)[C@@H](OC(=O)[C@H](O)[C@@H](NC(=O)OC(C(F)(F)F)(C(F)(F)F)C(F)(F)F)c4ccccc4)C[C@@](O)([C@@H](OC(=O)c4ccccc4)[C@H]21)C3(C)C. The number of carbonyl (C=O) groups is 5. The Kier molecular flexibility index (Phi) is 15.1. The first-order valence-electron chi connectivity index (χ1n) is 21.8. The Morgan fingerprint density at radius 2 is 1.29 bits per heavy atom. The number of ether oxygens (including phenoxy) is 7. The average Bonchev–Trinajstić information content (AvgIpc) is 3.26. The zero-order valence-corrected chi connectivity index (χ0v) is 39.0. The van der Waals surface area contributed by atoms with Gasteiger partial charge in [-0.2, -0.15) is 39.5 Å². The number of alkyl carbamates (subject to hydrolysis) is 1. The van der Waals surface area contributed by atoms with Crippen LogP contribution in [0.5, 0.6) is 0 Å². The smallest absolute Gasteiger partial charge is 0.456 e. The summed E-state index contributed by atoms with van der Waals surface area (Å²) in [5, 5.41) is 26.0. The van der Waals surface area contributed by atoms with Crippen LogP contribution in [0.3, 0.4) is 0 Å². The Balaban J connectivity index is 1.56. The van der Waals surface area contributed by atoms with Gasteiger partial charge >= 0.3 is 60.9 Å². The lowest BCUT2D eigenvalue weighted by Crippen LogP contribution is -2.82. The summed E-state index contributed by atoms with van der Waals surface area (Å²) in [6, 6.07) is 8.29. The highest BCUT2D eigenvalue weighted by molar-refractivity contribution is 5.94. The van der Waals surface area contributed by atoms with Crippen molar-refractivity contribution in [3.8, 4) is 0 Å². The zero-order chi connectivity index (χ0) is 56.7. The van der Waals surface area contributed by atoms with E-state index in [9.17, 15) is 95.2 Å². The van der Waals surface area contributed by atoms with Gasteiger partial charge in [0.15, 0.2) is 17.5 Å². The summed E-state index contributed by atoms with van der Waals surface area (Å²) in [6.07, 6.45) is -55.6. The van der Waals surface area contributed by atoms with E-state index in [0.29, 0.717) is 6.92 Å². The summed E-state index contributed by atoms with van der Waals surface area (Å²) in [6.45, 7) is 3.22. The number of fused-ring (bicyclic) bond motifs is 5. The van der Waals surface area contributed by atoms with Gasteiger partial charge in [0.05, 0.1) is 35.6 Å². The van der Waals surface area contributed by atoms with Crippen LogP contribution in [0.2, 0.25) is 0 Å². The van der Waals surface area contributed by atoms with E-state index in [0.717, 1.165) is 69.4 Å². The first kappa shape index (κ1) is 58.5. The van der Waals surface area contributed by atoms with Crippen molar-refractivity contribution in [3.05, 3.63) is 82.9 Å². The van der Waals surface area contributed by atoms with E-state index in [1.165, 1.54) is 24.3 Å². The third-order valence-corrected chi connectivity index (χ3v) is 14.1.